The number of piperidine rings is 1. The van der Waals surface area contributed by atoms with Gasteiger partial charge in [-0.3, -0.25) is 9.69 Å². The largest absolute Gasteiger partial charge is 0.348 e. The summed E-state index contributed by atoms with van der Waals surface area (Å²) >= 11 is 6.11. The highest BCUT2D eigenvalue weighted by Gasteiger charge is 2.18. The number of amides is 1. The highest BCUT2D eigenvalue weighted by atomic mass is 35.5. The van der Waals surface area contributed by atoms with Crippen molar-refractivity contribution in [1.82, 2.24) is 14.9 Å². The third-order valence-corrected chi connectivity index (χ3v) is 7.26. The molecule has 0 atom stereocenters. The van der Waals surface area contributed by atoms with Crippen LogP contribution in [0.25, 0.3) is 0 Å². The fourth-order valence-corrected chi connectivity index (χ4v) is 4.44. The fourth-order valence-electron chi connectivity index (χ4n) is 3.48. The number of benzene rings is 2. The van der Waals surface area contributed by atoms with Gasteiger partial charge < -0.3 is 5.32 Å². The smallest absolute Gasteiger partial charge is 0.253 e. The number of carbonyl (C=O) groups excluding carboxylic acids is 1. The summed E-state index contributed by atoms with van der Waals surface area (Å²) in [5.74, 6) is 0.402. The maximum atomic E-state index is 12.5. The van der Waals surface area contributed by atoms with Crippen molar-refractivity contribution in [3.8, 4) is 0 Å². The van der Waals surface area contributed by atoms with Crippen LogP contribution in [0.4, 0.5) is 0 Å². The third kappa shape index (κ3) is 5.82. The molecular weight excluding hydrogens is 422 g/mol. The van der Waals surface area contributed by atoms with Crippen LogP contribution in [0.1, 0.15) is 41.3 Å². The first-order valence-corrected chi connectivity index (χ1v) is 12.0. The Morgan fingerprint density at radius 1 is 1.10 bits per heavy atom. The Kier molecular flexibility index (Phi) is 7.52. The van der Waals surface area contributed by atoms with Crippen molar-refractivity contribution in [3.05, 3.63) is 64.2 Å². The second kappa shape index (κ2) is 9.92. The number of rotatable bonds is 7. The standard InChI is InChI=1S/C22H28ClN3O3S/c1-16-9-11-26(12-10-16)15-18-5-3-17(4-6-18)14-25-22(27)20-13-19(7-8-21(20)23)30(28,29)24-2/h3-8,13,16,24H,9-12,14-15H2,1-2H3,(H,25,27). The molecule has 1 fully saturated rings. The highest BCUT2D eigenvalue weighted by molar-refractivity contribution is 7.89. The molecule has 162 valence electrons. The topological polar surface area (TPSA) is 78.5 Å². The summed E-state index contributed by atoms with van der Waals surface area (Å²) < 4.78 is 26.2. The number of hydrogen-bond acceptors (Lipinski definition) is 4. The molecule has 0 aliphatic carbocycles. The van der Waals surface area contributed by atoms with Crippen LogP contribution in [-0.2, 0) is 23.1 Å². The van der Waals surface area contributed by atoms with E-state index in [-0.39, 0.29) is 15.5 Å². The molecule has 8 heteroatoms. The molecule has 0 saturated carbocycles. The average Bonchev–Trinajstić information content (AvgIpc) is 2.75. The highest BCUT2D eigenvalue weighted by Crippen LogP contribution is 2.21. The molecule has 30 heavy (non-hydrogen) atoms. The van der Waals surface area contributed by atoms with Gasteiger partial charge in [-0.05, 0) is 68.2 Å². The van der Waals surface area contributed by atoms with Crippen molar-refractivity contribution in [2.75, 3.05) is 20.1 Å². The monoisotopic (exact) mass is 449 g/mol. The number of sulfonamides is 1. The predicted octanol–water partition coefficient (Wildman–Crippen LogP) is 3.41. The number of nitrogens with zero attached hydrogens (tertiary/aromatic N) is 1. The van der Waals surface area contributed by atoms with Gasteiger partial charge in [-0.1, -0.05) is 42.8 Å². The lowest BCUT2D eigenvalue weighted by Gasteiger charge is -2.30. The number of likely N-dealkylation sites (tertiary alicyclic amines) is 1. The van der Waals surface area contributed by atoms with E-state index in [1.807, 2.05) is 12.1 Å². The lowest BCUT2D eigenvalue weighted by Crippen LogP contribution is -2.32. The van der Waals surface area contributed by atoms with Gasteiger partial charge in [0.15, 0.2) is 0 Å². The van der Waals surface area contributed by atoms with Crippen molar-refractivity contribution in [1.29, 1.82) is 0 Å². The van der Waals surface area contributed by atoms with Crippen molar-refractivity contribution >= 4 is 27.5 Å². The van der Waals surface area contributed by atoms with E-state index in [2.05, 4.69) is 34.0 Å². The molecule has 1 heterocycles. The predicted molar refractivity (Wildman–Crippen MR) is 119 cm³/mol. The summed E-state index contributed by atoms with van der Waals surface area (Å²) in [5.41, 5.74) is 2.35. The molecule has 6 nitrogen and oxygen atoms in total. The van der Waals surface area contributed by atoms with Gasteiger partial charge in [0.2, 0.25) is 10.0 Å². The molecule has 0 spiro atoms. The van der Waals surface area contributed by atoms with Crippen molar-refractivity contribution in [2.45, 2.75) is 37.8 Å². The lowest BCUT2D eigenvalue weighted by molar-refractivity contribution is 0.0951. The average molecular weight is 450 g/mol. The molecule has 2 N–H and O–H groups in total. The zero-order valence-electron chi connectivity index (χ0n) is 17.3. The minimum atomic E-state index is -3.65. The minimum Gasteiger partial charge on any atom is -0.348 e. The number of nitrogens with one attached hydrogen (secondary N) is 2. The first kappa shape index (κ1) is 22.7. The summed E-state index contributed by atoms with van der Waals surface area (Å²) in [6.45, 7) is 5.87. The fraction of sp³-hybridized carbons (Fsp3) is 0.409. The SMILES string of the molecule is CNS(=O)(=O)c1ccc(Cl)c(C(=O)NCc2ccc(CN3CCC(C)CC3)cc2)c1. The van der Waals surface area contributed by atoms with Crippen LogP contribution in [0.5, 0.6) is 0 Å². The number of hydrogen-bond donors (Lipinski definition) is 2. The maximum Gasteiger partial charge on any atom is 0.253 e. The molecule has 1 amide bonds. The molecule has 0 bridgehead atoms. The minimum absolute atomic E-state index is 0.00370. The zero-order chi connectivity index (χ0) is 21.7. The van der Waals surface area contributed by atoms with Gasteiger partial charge in [0, 0.05) is 13.1 Å². The molecule has 1 saturated heterocycles. The molecular formula is C22H28ClN3O3S. The van der Waals surface area contributed by atoms with Crippen LogP contribution in [0.15, 0.2) is 47.4 Å². The second-order valence-corrected chi connectivity index (χ2v) is 10.1. The molecule has 2 aromatic rings. The molecule has 0 aromatic heterocycles. The molecule has 1 aliphatic rings. The van der Waals surface area contributed by atoms with Gasteiger partial charge in [0.25, 0.3) is 5.91 Å². The van der Waals surface area contributed by atoms with Crippen LogP contribution in [-0.4, -0.2) is 39.4 Å². The summed E-state index contributed by atoms with van der Waals surface area (Å²) in [4.78, 5) is 15.0. The Bertz CT molecular complexity index is 985. The van der Waals surface area contributed by atoms with Gasteiger partial charge in [0.1, 0.15) is 0 Å². The second-order valence-electron chi connectivity index (χ2n) is 7.81. The van der Waals surface area contributed by atoms with Gasteiger partial charge >= 0.3 is 0 Å². The molecule has 0 unspecified atom stereocenters. The van der Waals surface area contributed by atoms with E-state index in [1.54, 1.807) is 0 Å². The van der Waals surface area contributed by atoms with E-state index in [0.717, 1.165) is 31.1 Å². The van der Waals surface area contributed by atoms with Crippen LogP contribution < -0.4 is 10.0 Å². The van der Waals surface area contributed by atoms with Gasteiger partial charge in [0.05, 0.1) is 15.5 Å². The van der Waals surface area contributed by atoms with E-state index in [4.69, 9.17) is 11.6 Å². The van der Waals surface area contributed by atoms with E-state index in [1.165, 1.54) is 43.7 Å². The van der Waals surface area contributed by atoms with Crippen LogP contribution in [0.2, 0.25) is 5.02 Å². The number of halogens is 1. The van der Waals surface area contributed by atoms with E-state index < -0.39 is 15.9 Å². The summed E-state index contributed by atoms with van der Waals surface area (Å²) in [7, 11) is -2.33. The quantitative estimate of drug-likeness (QED) is 0.679. The van der Waals surface area contributed by atoms with Crippen molar-refractivity contribution in [3.63, 3.8) is 0 Å². The van der Waals surface area contributed by atoms with Crippen molar-refractivity contribution < 1.29 is 13.2 Å². The van der Waals surface area contributed by atoms with Gasteiger partial charge in [-0.25, -0.2) is 13.1 Å². The Morgan fingerprint density at radius 3 is 2.37 bits per heavy atom. The Hall–Kier alpha value is -1.93. The zero-order valence-corrected chi connectivity index (χ0v) is 18.9. The summed E-state index contributed by atoms with van der Waals surface area (Å²) in [6, 6.07) is 12.3. The molecule has 0 radical (unpaired) electrons. The third-order valence-electron chi connectivity index (χ3n) is 5.52. The van der Waals surface area contributed by atoms with Crippen LogP contribution >= 0.6 is 11.6 Å². The first-order chi connectivity index (χ1) is 14.3. The van der Waals surface area contributed by atoms with Crippen LogP contribution in [0, 0.1) is 5.92 Å². The normalized spacial score (nSPS) is 15.8. The van der Waals surface area contributed by atoms with E-state index >= 15 is 0 Å². The maximum absolute atomic E-state index is 12.5. The Balaban J connectivity index is 1.59. The lowest BCUT2D eigenvalue weighted by atomic mass is 9.99. The Morgan fingerprint density at radius 2 is 1.73 bits per heavy atom. The summed E-state index contributed by atoms with van der Waals surface area (Å²) in [5, 5.41) is 3.01. The first-order valence-electron chi connectivity index (χ1n) is 10.1. The molecule has 3 rings (SSSR count). The number of carbonyl (C=O) groups is 1. The van der Waals surface area contributed by atoms with E-state index in [0.29, 0.717) is 6.54 Å². The Labute approximate surface area is 183 Å². The van der Waals surface area contributed by atoms with Gasteiger partial charge in [-0.15, -0.1) is 0 Å². The van der Waals surface area contributed by atoms with Crippen molar-refractivity contribution in [2.24, 2.45) is 5.92 Å². The summed E-state index contributed by atoms with van der Waals surface area (Å²) in [6.07, 6.45) is 2.51. The van der Waals surface area contributed by atoms with Gasteiger partial charge in [-0.2, -0.15) is 0 Å². The van der Waals surface area contributed by atoms with E-state index in [9.17, 15) is 13.2 Å². The van der Waals surface area contributed by atoms with Crippen LogP contribution in [0.3, 0.4) is 0 Å². The molecule has 2 aromatic carbocycles. The molecule has 1 aliphatic heterocycles.